The van der Waals surface area contributed by atoms with Crippen LogP contribution in [0.4, 0.5) is 11.4 Å². The van der Waals surface area contributed by atoms with Crippen LogP contribution in [0, 0.1) is 0 Å². The van der Waals surface area contributed by atoms with Crippen LogP contribution in [-0.4, -0.2) is 0 Å². The summed E-state index contributed by atoms with van der Waals surface area (Å²) < 4.78 is 0. The Kier molecular flexibility index (Phi) is 6.68. The summed E-state index contributed by atoms with van der Waals surface area (Å²) in [5, 5.41) is 10.2. The predicted molar refractivity (Wildman–Crippen MR) is 202 cm³/mol. The van der Waals surface area contributed by atoms with Crippen LogP contribution >= 0.6 is 0 Å². The lowest BCUT2D eigenvalue weighted by atomic mass is 9.92. The van der Waals surface area contributed by atoms with Gasteiger partial charge in [0.25, 0.3) is 0 Å². The number of hydrogen-bond donors (Lipinski definition) is 0. The second-order valence-electron chi connectivity index (χ2n) is 12.5. The molecule has 0 aromatic heterocycles. The Balaban J connectivity index is 1.18. The molecule has 222 valence electrons. The molecular weight excluding hydrogens is 567 g/mol. The molecule has 0 amide bonds. The van der Waals surface area contributed by atoms with Gasteiger partial charge >= 0.3 is 0 Å². The van der Waals surface area contributed by atoms with Crippen molar-refractivity contribution < 1.29 is 0 Å². The van der Waals surface area contributed by atoms with Crippen molar-refractivity contribution in [2.45, 2.75) is 12.8 Å². The molecule has 1 heteroatoms. The van der Waals surface area contributed by atoms with Crippen LogP contribution in [0.2, 0.25) is 0 Å². The van der Waals surface area contributed by atoms with Crippen molar-refractivity contribution in [3.8, 4) is 11.1 Å². The monoisotopic (exact) mass is 599 g/mol. The summed E-state index contributed by atoms with van der Waals surface area (Å²) in [5.74, 6) is 0. The standard InChI is InChI=1S/C46H33N/c1-3-11-36-29-38(19-17-32(36)9-1)34-21-25-41(26-22-34)47(46-31-40-13-5-6-14-43(40)44-15-7-8-16-45(44)46)42-27-23-35(24-28-42)39-20-18-33-10-2-4-12-37(33)30-39/h1-23,25-27,29-31H,24,28H2. The molecule has 0 bridgehead atoms. The van der Waals surface area contributed by atoms with E-state index < -0.39 is 0 Å². The molecular formula is C46H33N. The molecule has 0 aliphatic heterocycles. The first-order valence-electron chi connectivity index (χ1n) is 16.5. The predicted octanol–water partition coefficient (Wildman–Crippen LogP) is 12.9. The molecule has 8 aromatic carbocycles. The van der Waals surface area contributed by atoms with Gasteiger partial charge in [-0.25, -0.2) is 0 Å². The van der Waals surface area contributed by atoms with Crippen molar-refractivity contribution in [1.82, 2.24) is 0 Å². The molecule has 0 saturated heterocycles. The van der Waals surface area contributed by atoms with Gasteiger partial charge in [0.05, 0.1) is 5.69 Å². The Morgan fingerprint density at radius 1 is 0.362 bits per heavy atom. The third kappa shape index (κ3) is 4.98. The summed E-state index contributed by atoms with van der Waals surface area (Å²) in [6, 6.07) is 59.9. The van der Waals surface area contributed by atoms with Gasteiger partial charge in [0, 0.05) is 16.8 Å². The molecule has 0 heterocycles. The van der Waals surface area contributed by atoms with E-state index in [9.17, 15) is 0 Å². The maximum Gasteiger partial charge on any atom is 0.0543 e. The van der Waals surface area contributed by atoms with E-state index in [-0.39, 0.29) is 0 Å². The SMILES string of the molecule is C1=C(c2ccc3ccccc3c2)CCC(N(c2ccc(-c3ccc4ccccc4c3)cc2)c2cc3ccccc3c3ccccc23)=C1. The summed E-state index contributed by atoms with van der Waals surface area (Å²) in [4.78, 5) is 2.49. The van der Waals surface area contributed by atoms with Crippen LogP contribution < -0.4 is 4.90 Å². The molecule has 0 radical (unpaired) electrons. The third-order valence-corrected chi connectivity index (χ3v) is 9.73. The topological polar surface area (TPSA) is 3.24 Å². The van der Waals surface area contributed by atoms with Crippen LogP contribution in [0.15, 0.2) is 182 Å². The molecule has 0 atom stereocenters. The highest BCUT2D eigenvalue weighted by atomic mass is 15.1. The maximum atomic E-state index is 2.49. The second-order valence-corrected chi connectivity index (χ2v) is 12.5. The van der Waals surface area contributed by atoms with E-state index in [0.29, 0.717) is 0 Å². The van der Waals surface area contributed by atoms with Crippen molar-refractivity contribution in [2.75, 3.05) is 4.90 Å². The van der Waals surface area contributed by atoms with Gasteiger partial charge in [0.1, 0.15) is 0 Å². The quantitative estimate of drug-likeness (QED) is 0.178. The molecule has 1 aliphatic rings. The van der Waals surface area contributed by atoms with Crippen molar-refractivity contribution in [3.05, 3.63) is 187 Å². The van der Waals surface area contributed by atoms with Gasteiger partial charge < -0.3 is 4.90 Å². The van der Waals surface area contributed by atoms with Gasteiger partial charge in [0.15, 0.2) is 0 Å². The van der Waals surface area contributed by atoms with Gasteiger partial charge in [-0.2, -0.15) is 0 Å². The fourth-order valence-electron chi connectivity index (χ4n) is 7.29. The van der Waals surface area contributed by atoms with Crippen molar-refractivity contribution in [1.29, 1.82) is 0 Å². The van der Waals surface area contributed by atoms with E-state index in [1.165, 1.54) is 82.4 Å². The van der Waals surface area contributed by atoms with E-state index in [4.69, 9.17) is 0 Å². The van der Waals surface area contributed by atoms with Crippen LogP contribution in [0.5, 0.6) is 0 Å². The normalized spacial score (nSPS) is 13.2. The molecule has 0 spiro atoms. The van der Waals surface area contributed by atoms with Gasteiger partial charge in [0.2, 0.25) is 0 Å². The van der Waals surface area contributed by atoms with Crippen molar-refractivity contribution >= 4 is 60.0 Å². The minimum atomic E-state index is 0.951. The zero-order valence-electron chi connectivity index (χ0n) is 26.1. The molecule has 0 fully saturated rings. The number of fused-ring (bicyclic) bond motifs is 5. The lowest BCUT2D eigenvalue weighted by Gasteiger charge is -2.31. The molecule has 9 rings (SSSR count). The van der Waals surface area contributed by atoms with Crippen molar-refractivity contribution in [2.24, 2.45) is 0 Å². The van der Waals surface area contributed by atoms with Gasteiger partial charge in [-0.05, 0) is 109 Å². The number of benzene rings is 8. The van der Waals surface area contributed by atoms with Crippen molar-refractivity contribution in [3.63, 3.8) is 0 Å². The number of anilines is 2. The highest BCUT2D eigenvalue weighted by Gasteiger charge is 2.21. The van der Waals surface area contributed by atoms with Crippen LogP contribution in [0.1, 0.15) is 18.4 Å². The molecule has 0 N–H and O–H groups in total. The molecule has 0 saturated carbocycles. The van der Waals surface area contributed by atoms with E-state index in [1.54, 1.807) is 0 Å². The van der Waals surface area contributed by atoms with Gasteiger partial charge in [-0.3, -0.25) is 0 Å². The van der Waals surface area contributed by atoms with E-state index >= 15 is 0 Å². The Hall–Kier alpha value is -5.92. The largest absolute Gasteiger partial charge is 0.314 e. The number of allylic oxidation sites excluding steroid dienone is 4. The minimum Gasteiger partial charge on any atom is -0.314 e. The first-order chi connectivity index (χ1) is 23.3. The molecule has 47 heavy (non-hydrogen) atoms. The fourth-order valence-corrected chi connectivity index (χ4v) is 7.29. The molecule has 0 unspecified atom stereocenters. The zero-order valence-corrected chi connectivity index (χ0v) is 26.1. The maximum absolute atomic E-state index is 2.49. The van der Waals surface area contributed by atoms with Crippen LogP contribution in [0.25, 0.3) is 59.8 Å². The summed E-state index contributed by atoms with van der Waals surface area (Å²) >= 11 is 0. The first kappa shape index (κ1) is 27.4. The van der Waals surface area contributed by atoms with Gasteiger partial charge in [-0.1, -0.05) is 140 Å². The Morgan fingerprint density at radius 3 is 1.60 bits per heavy atom. The third-order valence-electron chi connectivity index (χ3n) is 9.73. The highest BCUT2D eigenvalue weighted by molar-refractivity contribution is 6.14. The summed E-state index contributed by atoms with van der Waals surface area (Å²) in [6.07, 6.45) is 6.62. The fraction of sp³-hybridized carbons (Fsp3) is 0.0435. The molecule has 1 nitrogen and oxygen atoms in total. The number of hydrogen-bond acceptors (Lipinski definition) is 1. The van der Waals surface area contributed by atoms with Gasteiger partial charge in [-0.15, -0.1) is 0 Å². The highest BCUT2D eigenvalue weighted by Crippen LogP contribution is 2.42. The summed E-state index contributed by atoms with van der Waals surface area (Å²) in [7, 11) is 0. The number of nitrogens with zero attached hydrogens (tertiary/aromatic N) is 1. The summed E-state index contributed by atoms with van der Waals surface area (Å²) in [6.45, 7) is 0. The summed E-state index contributed by atoms with van der Waals surface area (Å²) in [5.41, 5.74) is 8.83. The smallest absolute Gasteiger partial charge is 0.0543 e. The first-order valence-corrected chi connectivity index (χ1v) is 16.5. The van der Waals surface area contributed by atoms with Crippen LogP contribution in [-0.2, 0) is 0 Å². The zero-order chi connectivity index (χ0) is 31.2. The van der Waals surface area contributed by atoms with Crippen LogP contribution in [0.3, 0.4) is 0 Å². The number of rotatable bonds is 5. The Bertz CT molecular complexity index is 2520. The Labute approximate surface area is 275 Å². The lowest BCUT2D eigenvalue weighted by molar-refractivity contribution is 0.932. The average molecular weight is 600 g/mol. The molecule has 1 aliphatic carbocycles. The Morgan fingerprint density at radius 2 is 0.915 bits per heavy atom. The van der Waals surface area contributed by atoms with E-state index in [1.807, 2.05) is 0 Å². The van der Waals surface area contributed by atoms with E-state index in [0.717, 1.165) is 12.8 Å². The minimum absolute atomic E-state index is 0.951. The van der Waals surface area contributed by atoms with E-state index in [2.05, 4.69) is 181 Å². The second kappa shape index (κ2) is 11.5. The molecule has 8 aromatic rings. The average Bonchev–Trinajstić information content (AvgIpc) is 3.15. The lowest BCUT2D eigenvalue weighted by Crippen LogP contribution is -2.18.